The lowest BCUT2D eigenvalue weighted by Gasteiger charge is -2.10. The molecule has 1 aromatic rings. The standard InChI is InChI=1S/C12H14FN3O2S/c13-8-1-3-9(4-2-8)16-11(17)5-14-12(18)10-6-19-7-15-10/h1-4,10,15H,5-7H2,(H,14,18)(H,16,17). The average molecular weight is 283 g/mol. The van der Waals surface area contributed by atoms with E-state index in [-0.39, 0.29) is 30.2 Å². The SMILES string of the molecule is O=C(CNC(=O)C1CSCN1)Nc1ccc(F)cc1. The van der Waals surface area contributed by atoms with Gasteiger partial charge in [-0.15, -0.1) is 11.8 Å². The Morgan fingerprint density at radius 2 is 2.11 bits per heavy atom. The monoisotopic (exact) mass is 283 g/mol. The molecule has 1 aliphatic rings. The Balaban J connectivity index is 1.75. The van der Waals surface area contributed by atoms with E-state index in [1.165, 1.54) is 24.3 Å². The number of thioether (sulfide) groups is 1. The van der Waals surface area contributed by atoms with Crippen LogP contribution in [-0.4, -0.2) is 36.0 Å². The molecule has 0 saturated carbocycles. The molecular weight excluding hydrogens is 269 g/mol. The molecule has 1 saturated heterocycles. The van der Waals surface area contributed by atoms with E-state index >= 15 is 0 Å². The summed E-state index contributed by atoms with van der Waals surface area (Å²) < 4.78 is 12.7. The molecular formula is C12H14FN3O2S. The van der Waals surface area contributed by atoms with Crippen LogP contribution in [0.1, 0.15) is 0 Å². The van der Waals surface area contributed by atoms with E-state index in [0.29, 0.717) is 11.4 Å². The molecule has 0 radical (unpaired) electrons. The lowest BCUT2D eigenvalue weighted by Crippen LogP contribution is -2.44. The fraction of sp³-hybridized carbons (Fsp3) is 0.333. The van der Waals surface area contributed by atoms with Crippen LogP contribution in [0.5, 0.6) is 0 Å². The van der Waals surface area contributed by atoms with Crippen molar-refractivity contribution in [3.8, 4) is 0 Å². The zero-order valence-corrected chi connectivity index (χ0v) is 10.9. The summed E-state index contributed by atoms with van der Waals surface area (Å²) in [5.41, 5.74) is 0.496. The van der Waals surface area contributed by atoms with Gasteiger partial charge < -0.3 is 10.6 Å². The first kappa shape index (κ1) is 13.8. The number of halogens is 1. The van der Waals surface area contributed by atoms with Crippen LogP contribution in [-0.2, 0) is 9.59 Å². The molecule has 7 heteroatoms. The normalized spacial score (nSPS) is 18.1. The maximum Gasteiger partial charge on any atom is 0.243 e. The van der Waals surface area contributed by atoms with Gasteiger partial charge in [0.05, 0.1) is 12.6 Å². The minimum Gasteiger partial charge on any atom is -0.346 e. The summed E-state index contributed by atoms with van der Waals surface area (Å²) in [4.78, 5) is 23.2. The third kappa shape index (κ3) is 4.22. The Hall–Kier alpha value is -1.60. The van der Waals surface area contributed by atoms with Gasteiger partial charge in [-0.05, 0) is 24.3 Å². The molecule has 2 rings (SSSR count). The van der Waals surface area contributed by atoms with Crippen molar-refractivity contribution >= 4 is 29.3 Å². The minimum atomic E-state index is -0.365. The Morgan fingerprint density at radius 3 is 2.74 bits per heavy atom. The van der Waals surface area contributed by atoms with E-state index in [9.17, 15) is 14.0 Å². The molecule has 0 spiro atoms. The summed E-state index contributed by atoms with van der Waals surface area (Å²) >= 11 is 1.64. The zero-order chi connectivity index (χ0) is 13.7. The van der Waals surface area contributed by atoms with Crippen molar-refractivity contribution in [3.63, 3.8) is 0 Å². The Labute approximate surface area is 114 Å². The number of hydrogen-bond acceptors (Lipinski definition) is 4. The molecule has 0 aliphatic carbocycles. The second-order valence-electron chi connectivity index (χ2n) is 4.04. The molecule has 5 nitrogen and oxygen atoms in total. The van der Waals surface area contributed by atoms with Gasteiger partial charge in [-0.2, -0.15) is 0 Å². The Kier molecular flexibility index (Phi) is 4.75. The summed E-state index contributed by atoms with van der Waals surface area (Å²) in [7, 11) is 0. The molecule has 1 fully saturated rings. The molecule has 3 N–H and O–H groups in total. The van der Waals surface area contributed by atoms with Crippen molar-refractivity contribution in [2.45, 2.75) is 6.04 Å². The third-order valence-electron chi connectivity index (χ3n) is 2.58. The highest BCUT2D eigenvalue weighted by Crippen LogP contribution is 2.09. The van der Waals surface area contributed by atoms with Crippen molar-refractivity contribution in [2.24, 2.45) is 0 Å². The first-order valence-electron chi connectivity index (χ1n) is 5.79. The van der Waals surface area contributed by atoms with Gasteiger partial charge in [0, 0.05) is 17.3 Å². The molecule has 19 heavy (non-hydrogen) atoms. The van der Waals surface area contributed by atoms with E-state index in [1.54, 1.807) is 11.8 Å². The summed E-state index contributed by atoms with van der Waals surface area (Å²) in [6, 6.07) is 5.21. The first-order chi connectivity index (χ1) is 9.15. The van der Waals surface area contributed by atoms with Crippen molar-refractivity contribution in [2.75, 3.05) is 23.5 Å². The van der Waals surface area contributed by atoms with Gasteiger partial charge >= 0.3 is 0 Å². The van der Waals surface area contributed by atoms with Crippen LogP contribution in [0.4, 0.5) is 10.1 Å². The highest BCUT2D eigenvalue weighted by atomic mass is 32.2. The smallest absolute Gasteiger partial charge is 0.243 e. The van der Waals surface area contributed by atoms with Crippen LogP contribution in [0.15, 0.2) is 24.3 Å². The number of nitrogens with one attached hydrogen (secondary N) is 3. The van der Waals surface area contributed by atoms with Gasteiger partial charge in [0.25, 0.3) is 0 Å². The van der Waals surface area contributed by atoms with Crippen LogP contribution in [0, 0.1) is 5.82 Å². The van der Waals surface area contributed by atoms with Crippen LogP contribution in [0.3, 0.4) is 0 Å². The van der Waals surface area contributed by atoms with Crippen LogP contribution >= 0.6 is 11.8 Å². The predicted molar refractivity (Wildman–Crippen MR) is 72.3 cm³/mol. The summed E-state index contributed by atoms with van der Waals surface area (Å²) in [6.07, 6.45) is 0. The van der Waals surface area contributed by atoms with Gasteiger partial charge in [0.15, 0.2) is 0 Å². The quantitative estimate of drug-likeness (QED) is 0.754. The second-order valence-corrected chi connectivity index (χ2v) is 5.07. The Bertz CT molecular complexity index is 461. The molecule has 1 atom stereocenters. The fourth-order valence-corrected chi connectivity index (χ4v) is 2.53. The molecule has 1 aliphatic heterocycles. The number of anilines is 1. The highest BCUT2D eigenvalue weighted by Gasteiger charge is 2.22. The molecule has 2 amide bonds. The summed E-state index contributed by atoms with van der Waals surface area (Å²) in [6.45, 7) is -0.0982. The van der Waals surface area contributed by atoms with E-state index < -0.39 is 0 Å². The van der Waals surface area contributed by atoms with Crippen molar-refractivity contribution in [1.29, 1.82) is 0 Å². The average Bonchev–Trinajstić information content (AvgIpc) is 2.93. The molecule has 0 aromatic heterocycles. The molecule has 1 aromatic carbocycles. The second kappa shape index (κ2) is 6.53. The van der Waals surface area contributed by atoms with Gasteiger partial charge in [-0.1, -0.05) is 0 Å². The number of carbonyl (C=O) groups excluding carboxylic acids is 2. The fourth-order valence-electron chi connectivity index (χ4n) is 1.59. The first-order valence-corrected chi connectivity index (χ1v) is 6.95. The topological polar surface area (TPSA) is 70.2 Å². The molecule has 1 heterocycles. The number of amides is 2. The van der Waals surface area contributed by atoms with E-state index in [4.69, 9.17) is 0 Å². The minimum absolute atomic E-state index is 0.0982. The van der Waals surface area contributed by atoms with Gasteiger partial charge in [-0.3, -0.25) is 14.9 Å². The number of carbonyl (C=O) groups is 2. The maximum atomic E-state index is 12.7. The van der Waals surface area contributed by atoms with E-state index in [1.807, 2.05) is 0 Å². The zero-order valence-electron chi connectivity index (χ0n) is 10.1. The number of rotatable bonds is 4. The lowest BCUT2D eigenvalue weighted by atomic mass is 10.3. The molecule has 1 unspecified atom stereocenters. The van der Waals surface area contributed by atoms with E-state index in [2.05, 4.69) is 16.0 Å². The van der Waals surface area contributed by atoms with Crippen LogP contribution in [0.25, 0.3) is 0 Å². The molecule has 0 bridgehead atoms. The third-order valence-corrected chi connectivity index (χ3v) is 3.52. The van der Waals surface area contributed by atoms with Gasteiger partial charge in [-0.25, -0.2) is 4.39 Å². The van der Waals surface area contributed by atoms with Gasteiger partial charge in [0.1, 0.15) is 5.82 Å². The van der Waals surface area contributed by atoms with Crippen LogP contribution < -0.4 is 16.0 Å². The maximum absolute atomic E-state index is 12.7. The summed E-state index contributed by atoms with van der Waals surface area (Å²) in [5.74, 6) is 0.576. The van der Waals surface area contributed by atoms with Crippen molar-refractivity contribution in [3.05, 3.63) is 30.1 Å². The highest BCUT2D eigenvalue weighted by molar-refractivity contribution is 7.99. The van der Waals surface area contributed by atoms with Crippen LogP contribution in [0.2, 0.25) is 0 Å². The Morgan fingerprint density at radius 1 is 1.37 bits per heavy atom. The lowest BCUT2D eigenvalue weighted by molar-refractivity contribution is -0.125. The van der Waals surface area contributed by atoms with Crippen molar-refractivity contribution < 1.29 is 14.0 Å². The van der Waals surface area contributed by atoms with Gasteiger partial charge in [0.2, 0.25) is 11.8 Å². The van der Waals surface area contributed by atoms with Crippen molar-refractivity contribution in [1.82, 2.24) is 10.6 Å². The predicted octanol–water partition coefficient (Wildman–Crippen LogP) is 0.543. The number of benzene rings is 1. The molecule has 102 valence electrons. The number of hydrogen-bond donors (Lipinski definition) is 3. The largest absolute Gasteiger partial charge is 0.346 e. The summed E-state index contributed by atoms with van der Waals surface area (Å²) in [5, 5.41) is 8.14. The van der Waals surface area contributed by atoms with E-state index in [0.717, 1.165) is 5.88 Å².